The average Bonchev–Trinajstić information content (AvgIpc) is 0. The Hall–Kier alpha value is 2.28. The van der Waals surface area contributed by atoms with Crippen LogP contribution in [0.1, 0.15) is 1.43 Å². The molecule has 1 radical (unpaired) electrons. The quantitative estimate of drug-likeness (QED) is 0.367. The fourth-order valence-corrected chi connectivity index (χ4v) is 0. The summed E-state index contributed by atoms with van der Waals surface area (Å²) in [6.07, 6.45) is 0. The first-order chi connectivity index (χ1) is 0. The topological polar surface area (TPSA) is 0 Å². The van der Waals surface area contributed by atoms with Gasteiger partial charge in [-0.05, 0) is 0 Å². The minimum Gasteiger partial charge on any atom is -1.00 e. The second kappa shape index (κ2) is 18.6. The van der Waals surface area contributed by atoms with Gasteiger partial charge in [-0.1, -0.05) is 0 Å². The van der Waals surface area contributed by atoms with Crippen LogP contribution in [0, 0.1) is 0 Å². The molecule has 0 heterocycles. The van der Waals surface area contributed by atoms with Gasteiger partial charge in [-0.3, -0.25) is 0 Å². The second-order valence-electron chi connectivity index (χ2n) is 0. The molecule has 21 valence electrons. The van der Waals surface area contributed by atoms with Crippen LogP contribution in [0.4, 0.5) is 0 Å². The van der Waals surface area contributed by atoms with E-state index in [1.165, 1.54) is 0 Å². The van der Waals surface area contributed by atoms with Gasteiger partial charge in [-0.2, -0.15) is 0 Å². The van der Waals surface area contributed by atoms with E-state index in [0.29, 0.717) is 0 Å². The minimum atomic E-state index is 0. The maximum atomic E-state index is 0. The van der Waals surface area contributed by atoms with Crippen LogP contribution in [0.2, 0.25) is 0 Å². The summed E-state index contributed by atoms with van der Waals surface area (Å²) in [6.45, 7) is 0. The summed E-state index contributed by atoms with van der Waals surface area (Å²) in [5.74, 6) is 0. The van der Waals surface area contributed by atoms with Crippen LogP contribution in [0.5, 0.6) is 0 Å². The van der Waals surface area contributed by atoms with Gasteiger partial charge in [-0.25, -0.2) is 0 Å². The van der Waals surface area contributed by atoms with Crippen molar-refractivity contribution < 1.29 is 53.0 Å². The van der Waals surface area contributed by atoms with Crippen molar-refractivity contribution in [1.82, 2.24) is 0 Å². The fourth-order valence-electron chi connectivity index (χ4n) is 0. The largest absolute Gasteiger partial charge is 1.00 e. The van der Waals surface area contributed by atoms with E-state index in [1.54, 1.807) is 0 Å². The molecule has 0 spiro atoms. The summed E-state index contributed by atoms with van der Waals surface area (Å²) in [6, 6.07) is 0. The molecule has 0 rings (SSSR count). The van der Waals surface area contributed by atoms with E-state index in [9.17, 15) is 0 Å². The van der Waals surface area contributed by atoms with Crippen molar-refractivity contribution in [3.63, 3.8) is 0 Å². The summed E-state index contributed by atoms with van der Waals surface area (Å²) >= 11 is 0. The summed E-state index contributed by atoms with van der Waals surface area (Å²) in [5, 5.41) is 0. The van der Waals surface area contributed by atoms with Crippen molar-refractivity contribution in [2.75, 3.05) is 0 Å². The molecule has 4 heavy (non-hydrogen) atoms. The molecule has 0 aliphatic carbocycles. The Bertz CT molecular complexity index is 9.61. The molecular formula is H3Cl2LiY. The van der Waals surface area contributed by atoms with Crippen LogP contribution in [0.15, 0.2) is 0 Å². The molecule has 0 aliphatic heterocycles. The van der Waals surface area contributed by atoms with Crippen molar-refractivity contribution in [3.8, 4) is 0 Å². The van der Waals surface area contributed by atoms with Gasteiger partial charge in [-0.15, -0.1) is 24.8 Å². The molecule has 0 aromatic carbocycles. The average molecular weight is 170 g/mol. The van der Waals surface area contributed by atoms with Crippen LogP contribution >= 0.6 is 24.8 Å². The molecule has 0 bridgehead atoms. The number of halogens is 2. The Morgan fingerprint density at radius 3 is 1.00 bits per heavy atom. The van der Waals surface area contributed by atoms with Crippen molar-refractivity contribution in [2.45, 2.75) is 0 Å². The smallest absolute Gasteiger partial charge is 1.00 e. The first-order valence-electron chi connectivity index (χ1n) is 0. The third-order valence-electron chi connectivity index (χ3n) is 0. The molecule has 0 aliphatic rings. The summed E-state index contributed by atoms with van der Waals surface area (Å²) in [4.78, 5) is 0. The van der Waals surface area contributed by atoms with E-state index in [-0.39, 0.29) is 77.8 Å². The summed E-state index contributed by atoms with van der Waals surface area (Å²) in [7, 11) is 0. The molecule has 0 fully saturated rings. The first-order valence-corrected chi connectivity index (χ1v) is 0. The predicted octanol–water partition coefficient (Wildman–Crippen LogP) is -2.04. The molecule has 0 saturated heterocycles. The second-order valence-corrected chi connectivity index (χ2v) is 0. The van der Waals surface area contributed by atoms with Crippen LogP contribution in [0.3, 0.4) is 0 Å². The van der Waals surface area contributed by atoms with Gasteiger partial charge in [0.15, 0.2) is 0 Å². The fraction of sp³-hybridized carbons (Fsp3) is 0. The molecule has 0 N–H and O–H groups in total. The van der Waals surface area contributed by atoms with Gasteiger partial charge in [0, 0.05) is 32.7 Å². The standard InChI is InChI=1S/2ClH.Li.Y.H/h2*1H;;;/q;;+1;;-1. The zero-order chi connectivity index (χ0) is 0. The van der Waals surface area contributed by atoms with Crippen LogP contribution < -0.4 is 18.9 Å². The monoisotopic (exact) mass is 169 g/mol. The molecule has 4 heteroatoms. The van der Waals surface area contributed by atoms with Crippen LogP contribution in [-0.4, -0.2) is 0 Å². The Morgan fingerprint density at radius 1 is 1.00 bits per heavy atom. The normalized spacial score (nSPS) is 0. The molecule has 0 nitrogen and oxygen atoms in total. The Labute approximate surface area is 76.8 Å². The van der Waals surface area contributed by atoms with Gasteiger partial charge in [0.2, 0.25) is 0 Å². The molecular weight excluding hydrogens is 167 g/mol. The maximum Gasteiger partial charge on any atom is 1.00 e. The molecule has 0 atom stereocenters. The van der Waals surface area contributed by atoms with Crippen LogP contribution in [0.25, 0.3) is 0 Å². The molecule has 0 unspecified atom stereocenters. The predicted molar refractivity (Wildman–Crippen MR) is 15.6 cm³/mol. The Balaban J connectivity index is 0. The third kappa shape index (κ3) is 8.86. The van der Waals surface area contributed by atoms with E-state index in [4.69, 9.17) is 0 Å². The van der Waals surface area contributed by atoms with E-state index >= 15 is 0 Å². The molecule has 0 aromatic rings. The molecule has 0 amide bonds. The zero-order valence-corrected chi connectivity index (χ0v) is 6.87. The Morgan fingerprint density at radius 2 is 1.00 bits per heavy atom. The van der Waals surface area contributed by atoms with Gasteiger partial charge >= 0.3 is 18.9 Å². The number of hydrogen-bond donors (Lipinski definition) is 0. The van der Waals surface area contributed by atoms with Crippen molar-refractivity contribution in [1.29, 1.82) is 0 Å². The van der Waals surface area contributed by atoms with Gasteiger partial charge in [0.05, 0.1) is 0 Å². The summed E-state index contributed by atoms with van der Waals surface area (Å²) < 4.78 is 0. The summed E-state index contributed by atoms with van der Waals surface area (Å²) in [5.41, 5.74) is 0. The van der Waals surface area contributed by atoms with Crippen molar-refractivity contribution in [2.24, 2.45) is 0 Å². The number of rotatable bonds is 0. The minimum absolute atomic E-state index is 0. The van der Waals surface area contributed by atoms with Crippen molar-refractivity contribution >= 4 is 24.8 Å². The van der Waals surface area contributed by atoms with Gasteiger partial charge < -0.3 is 1.43 Å². The Kier molecular flexibility index (Phi) is 157. The van der Waals surface area contributed by atoms with Gasteiger partial charge in [0.1, 0.15) is 0 Å². The van der Waals surface area contributed by atoms with Crippen molar-refractivity contribution in [3.05, 3.63) is 0 Å². The zero-order valence-electron chi connectivity index (χ0n) is 3.39. The molecule has 0 aromatic heterocycles. The first kappa shape index (κ1) is 33.7. The van der Waals surface area contributed by atoms with E-state index in [1.807, 2.05) is 0 Å². The maximum absolute atomic E-state index is 0. The van der Waals surface area contributed by atoms with E-state index < -0.39 is 0 Å². The van der Waals surface area contributed by atoms with E-state index in [2.05, 4.69) is 0 Å². The SMILES string of the molecule is Cl.Cl.[H-].[Li+].[Y]. The van der Waals surface area contributed by atoms with Gasteiger partial charge in [0.25, 0.3) is 0 Å². The number of hydrogen-bond acceptors (Lipinski definition) is 0. The van der Waals surface area contributed by atoms with Crippen LogP contribution in [-0.2, 0) is 32.7 Å². The van der Waals surface area contributed by atoms with E-state index in [0.717, 1.165) is 0 Å². The third-order valence-corrected chi connectivity index (χ3v) is 0. The molecule has 0 saturated carbocycles.